The maximum Gasteiger partial charge on any atom is 0.273 e. The van der Waals surface area contributed by atoms with Crippen LogP contribution in [0.2, 0.25) is 0 Å². The molecule has 5 heteroatoms. The van der Waals surface area contributed by atoms with Crippen LogP contribution < -0.4 is 0 Å². The Balaban J connectivity index is 3.07. The van der Waals surface area contributed by atoms with Gasteiger partial charge in [0, 0.05) is 29.5 Å². The van der Waals surface area contributed by atoms with Crippen LogP contribution in [0.15, 0.2) is 18.2 Å². The van der Waals surface area contributed by atoms with E-state index in [0.29, 0.717) is 11.1 Å². The van der Waals surface area contributed by atoms with Crippen molar-refractivity contribution in [1.29, 1.82) is 0 Å². The first-order valence-electron chi connectivity index (χ1n) is 4.40. The fourth-order valence-corrected chi connectivity index (χ4v) is 1.38. The third-order valence-electron chi connectivity index (χ3n) is 2.05. The third-order valence-corrected chi connectivity index (χ3v) is 2.24. The molecule has 0 spiro atoms. The van der Waals surface area contributed by atoms with Gasteiger partial charge >= 0.3 is 0 Å². The third kappa shape index (κ3) is 2.76. The number of halogens is 1. The molecule has 0 aliphatic heterocycles. The van der Waals surface area contributed by atoms with Crippen LogP contribution in [0.3, 0.4) is 0 Å². The molecule has 0 aliphatic carbocycles. The summed E-state index contributed by atoms with van der Waals surface area (Å²) in [5.41, 5.74) is 0.853. The number of alkyl halides is 1. The van der Waals surface area contributed by atoms with E-state index in [2.05, 4.69) is 0 Å². The zero-order chi connectivity index (χ0) is 11.4. The molecule has 0 heterocycles. The molecule has 0 atom stereocenters. The van der Waals surface area contributed by atoms with Crippen LogP contribution in [0.5, 0.6) is 0 Å². The van der Waals surface area contributed by atoms with Gasteiger partial charge in [0.15, 0.2) is 5.78 Å². The van der Waals surface area contributed by atoms with E-state index in [-0.39, 0.29) is 23.8 Å². The number of Topliss-reactive ketones (excluding diaryl/α,β-unsaturated/α-hetero) is 1. The minimum Gasteiger partial charge on any atom is -0.294 e. The molecule has 0 unspecified atom stereocenters. The summed E-state index contributed by atoms with van der Waals surface area (Å²) >= 11 is 5.43. The second-order valence-corrected chi connectivity index (χ2v) is 3.50. The number of aryl methyl sites for hydroxylation is 1. The van der Waals surface area contributed by atoms with Gasteiger partial charge < -0.3 is 0 Å². The lowest BCUT2D eigenvalue weighted by Crippen LogP contribution is -2.01. The highest BCUT2D eigenvalue weighted by atomic mass is 35.5. The number of carbonyl (C=O) groups excluding carboxylic acids is 1. The van der Waals surface area contributed by atoms with E-state index < -0.39 is 4.92 Å². The van der Waals surface area contributed by atoms with Crippen molar-refractivity contribution < 1.29 is 9.72 Å². The first-order chi connectivity index (χ1) is 7.06. The molecule has 0 radical (unpaired) electrons. The van der Waals surface area contributed by atoms with Crippen LogP contribution in [0, 0.1) is 17.0 Å². The number of nitro groups is 1. The highest BCUT2D eigenvalue weighted by Crippen LogP contribution is 2.20. The molecule has 0 aliphatic rings. The maximum absolute atomic E-state index is 11.4. The van der Waals surface area contributed by atoms with Gasteiger partial charge in [0.05, 0.1) is 4.92 Å². The van der Waals surface area contributed by atoms with Gasteiger partial charge in [-0.1, -0.05) is 12.1 Å². The van der Waals surface area contributed by atoms with Crippen molar-refractivity contribution in [2.45, 2.75) is 13.3 Å². The highest BCUT2D eigenvalue weighted by molar-refractivity contribution is 6.19. The molecular formula is C10H10ClNO3. The van der Waals surface area contributed by atoms with E-state index >= 15 is 0 Å². The lowest BCUT2D eigenvalue weighted by atomic mass is 10.1. The summed E-state index contributed by atoms with van der Waals surface area (Å²) in [5, 5.41) is 10.6. The molecule has 80 valence electrons. The van der Waals surface area contributed by atoms with Crippen LogP contribution in [0.4, 0.5) is 5.69 Å². The standard InChI is InChI=1S/C10H10ClNO3/c1-7-2-3-8(10(13)4-5-11)6-9(7)12(14)15/h2-3,6H,4-5H2,1H3. The number of nitro benzene ring substituents is 1. The second-order valence-electron chi connectivity index (χ2n) is 3.12. The van der Waals surface area contributed by atoms with Crippen LogP contribution in [-0.4, -0.2) is 16.6 Å². The Labute approximate surface area is 92.0 Å². The number of rotatable bonds is 4. The normalized spacial score (nSPS) is 10.0. The minimum atomic E-state index is -0.493. The van der Waals surface area contributed by atoms with Gasteiger partial charge in [0.2, 0.25) is 0 Å². The quantitative estimate of drug-likeness (QED) is 0.344. The lowest BCUT2D eigenvalue weighted by molar-refractivity contribution is -0.385. The zero-order valence-corrected chi connectivity index (χ0v) is 8.95. The predicted molar refractivity (Wildman–Crippen MR) is 57.5 cm³/mol. The molecule has 4 nitrogen and oxygen atoms in total. The Bertz CT molecular complexity index is 404. The van der Waals surface area contributed by atoms with Crippen LogP contribution in [-0.2, 0) is 0 Å². The average Bonchev–Trinajstić information content (AvgIpc) is 2.18. The first kappa shape index (κ1) is 11.7. The largest absolute Gasteiger partial charge is 0.294 e. The van der Waals surface area contributed by atoms with E-state index in [1.54, 1.807) is 19.1 Å². The highest BCUT2D eigenvalue weighted by Gasteiger charge is 2.14. The molecule has 1 aromatic carbocycles. The Morgan fingerprint density at radius 1 is 1.53 bits per heavy atom. The summed E-state index contributed by atoms with van der Waals surface area (Å²) in [4.78, 5) is 21.6. The summed E-state index contributed by atoms with van der Waals surface area (Å²) < 4.78 is 0. The number of hydrogen-bond donors (Lipinski definition) is 0. The van der Waals surface area contributed by atoms with Crippen molar-refractivity contribution >= 4 is 23.1 Å². The molecule has 0 amide bonds. The molecule has 0 bridgehead atoms. The van der Waals surface area contributed by atoms with Crippen molar-refractivity contribution in [1.82, 2.24) is 0 Å². The summed E-state index contributed by atoms with van der Waals surface area (Å²) in [6.07, 6.45) is 0.196. The lowest BCUT2D eigenvalue weighted by Gasteiger charge is -2.01. The molecule has 0 saturated carbocycles. The van der Waals surface area contributed by atoms with Gasteiger partial charge in [-0.05, 0) is 6.92 Å². The maximum atomic E-state index is 11.4. The van der Waals surface area contributed by atoms with Gasteiger partial charge in [0.1, 0.15) is 0 Å². The predicted octanol–water partition coefficient (Wildman–Crippen LogP) is 2.71. The van der Waals surface area contributed by atoms with Gasteiger partial charge in [-0.25, -0.2) is 0 Å². The molecule has 0 saturated heterocycles. The topological polar surface area (TPSA) is 60.2 Å². The fourth-order valence-electron chi connectivity index (χ4n) is 1.21. The number of nitrogens with zero attached hydrogens (tertiary/aromatic N) is 1. The van der Waals surface area contributed by atoms with E-state index in [1.165, 1.54) is 6.07 Å². The summed E-state index contributed by atoms with van der Waals surface area (Å²) in [6.45, 7) is 1.63. The van der Waals surface area contributed by atoms with Gasteiger partial charge in [-0.3, -0.25) is 14.9 Å². The molecule has 1 aromatic rings. The van der Waals surface area contributed by atoms with E-state index in [0.717, 1.165) is 0 Å². The average molecular weight is 228 g/mol. The van der Waals surface area contributed by atoms with Crippen molar-refractivity contribution in [3.63, 3.8) is 0 Å². The Morgan fingerprint density at radius 3 is 2.73 bits per heavy atom. The summed E-state index contributed by atoms with van der Waals surface area (Å²) in [5.74, 6) is 0.0497. The Kier molecular flexibility index (Phi) is 3.80. The van der Waals surface area contributed by atoms with E-state index in [9.17, 15) is 14.9 Å². The monoisotopic (exact) mass is 227 g/mol. The summed E-state index contributed by atoms with van der Waals surface area (Å²) in [6, 6.07) is 4.45. The Hall–Kier alpha value is -1.42. The van der Waals surface area contributed by atoms with Crippen molar-refractivity contribution in [3.8, 4) is 0 Å². The molecule has 15 heavy (non-hydrogen) atoms. The van der Waals surface area contributed by atoms with Crippen LogP contribution in [0.25, 0.3) is 0 Å². The van der Waals surface area contributed by atoms with Crippen LogP contribution >= 0.6 is 11.6 Å². The van der Waals surface area contributed by atoms with E-state index in [1.807, 2.05) is 0 Å². The van der Waals surface area contributed by atoms with Gasteiger partial charge in [-0.2, -0.15) is 0 Å². The van der Waals surface area contributed by atoms with Crippen LogP contribution in [0.1, 0.15) is 22.3 Å². The van der Waals surface area contributed by atoms with Crippen molar-refractivity contribution in [2.75, 3.05) is 5.88 Å². The number of benzene rings is 1. The number of ketones is 1. The SMILES string of the molecule is Cc1ccc(C(=O)CCCl)cc1[N+](=O)[O-]. The second kappa shape index (κ2) is 4.89. The Morgan fingerprint density at radius 2 is 2.20 bits per heavy atom. The minimum absolute atomic E-state index is 0.0320. The van der Waals surface area contributed by atoms with Crippen molar-refractivity contribution in [3.05, 3.63) is 39.4 Å². The number of hydrogen-bond acceptors (Lipinski definition) is 3. The van der Waals surface area contributed by atoms with Gasteiger partial charge in [-0.15, -0.1) is 11.6 Å². The number of carbonyl (C=O) groups is 1. The van der Waals surface area contributed by atoms with Gasteiger partial charge in [0.25, 0.3) is 5.69 Å². The zero-order valence-electron chi connectivity index (χ0n) is 8.20. The first-order valence-corrected chi connectivity index (χ1v) is 4.94. The van der Waals surface area contributed by atoms with E-state index in [4.69, 9.17) is 11.6 Å². The fraction of sp³-hybridized carbons (Fsp3) is 0.300. The summed E-state index contributed by atoms with van der Waals surface area (Å²) in [7, 11) is 0. The molecule has 0 N–H and O–H groups in total. The molecule has 0 aromatic heterocycles. The van der Waals surface area contributed by atoms with Crippen molar-refractivity contribution in [2.24, 2.45) is 0 Å². The molecule has 1 rings (SSSR count). The molecular weight excluding hydrogens is 218 g/mol. The smallest absolute Gasteiger partial charge is 0.273 e. The molecule has 0 fully saturated rings.